The van der Waals surface area contributed by atoms with Gasteiger partial charge in [0.15, 0.2) is 0 Å². The second-order valence-electron chi connectivity index (χ2n) is 5.76. The maximum absolute atomic E-state index is 10.6. The number of anilines is 1. The molecule has 126 valence electrons. The van der Waals surface area contributed by atoms with Crippen LogP contribution in [0, 0.1) is 10.1 Å². The van der Waals surface area contributed by atoms with Crippen molar-refractivity contribution in [3.63, 3.8) is 0 Å². The van der Waals surface area contributed by atoms with E-state index in [-0.39, 0.29) is 11.7 Å². The summed E-state index contributed by atoms with van der Waals surface area (Å²) in [5.74, 6) is 0.650. The maximum Gasteiger partial charge on any atom is 0.287 e. The molecule has 1 aliphatic rings. The van der Waals surface area contributed by atoms with Crippen LogP contribution in [0.5, 0.6) is 0 Å². The Kier molecular flexibility index (Phi) is 5.18. The van der Waals surface area contributed by atoms with Crippen LogP contribution in [-0.4, -0.2) is 33.9 Å². The van der Waals surface area contributed by atoms with Gasteiger partial charge in [-0.2, -0.15) is 0 Å². The SMILES string of the molecule is O=[N+]([O-])c1ccc(NC2CCN(Cc3ccc(Cl)cc3Cl)C2)nc1. The first-order valence-corrected chi connectivity index (χ1v) is 8.30. The highest BCUT2D eigenvalue weighted by atomic mass is 35.5. The summed E-state index contributed by atoms with van der Waals surface area (Å²) in [6.07, 6.45) is 2.24. The lowest BCUT2D eigenvalue weighted by Crippen LogP contribution is -2.26. The minimum atomic E-state index is -0.454. The molecule has 6 nitrogen and oxygen atoms in total. The van der Waals surface area contributed by atoms with Crippen molar-refractivity contribution in [2.45, 2.75) is 19.0 Å². The van der Waals surface area contributed by atoms with Gasteiger partial charge in [0.1, 0.15) is 12.0 Å². The van der Waals surface area contributed by atoms with E-state index in [4.69, 9.17) is 23.2 Å². The Morgan fingerprint density at radius 1 is 1.33 bits per heavy atom. The number of halogens is 2. The molecule has 24 heavy (non-hydrogen) atoms. The third-order valence-corrected chi connectivity index (χ3v) is 4.58. The first-order chi connectivity index (χ1) is 11.5. The molecular formula is C16H16Cl2N4O2. The van der Waals surface area contributed by atoms with Gasteiger partial charge in [-0.25, -0.2) is 4.98 Å². The summed E-state index contributed by atoms with van der Waals surface area (Å²) in [5, 5.41) is 15.3. The van der Waals surface area contributed by atoms with Crippen molar-refractivity contribution in [1.29, 1.82) is 0 Å². The predicted octanol–water partition coefficient (Wildman–Crippen LogP) is 3.98. The molecule has 1 unspecified atom stereocenters. The number of likely N-dealkylation sites (tertiary alicyclic amines) is 1. The number of hydrogen-bond acceptors (Lipinski definition) is 5. The summed E-state index contributed by atoms with van der Waals surface area (Å²) >= 11 is 12.1. The van der Waals surface area contributed by atoms with Gasteiger partial charge in [0, 0.05) is 41.8 Å². The Hall–Kier alpha value is -1.89. The average molecular weight is 367 g/mol. The third-order valence-electron chi connectivity index (χ3n) is 3.99. The summed E-state index contributed by atoms with van der Waals surface area (Å²) in [7, 11) is 0. The van der Waals surface area contributed by atoms with Crippen molar-refractivity contribution in [1.82, 2.24) is 9.88 Å². The highest BCUT2D eigenvalue weighted by Crippen LogP contribution is 2.24. The van der Waals surface area contributed by atoms with Gasteiger partial charge in [0.2, 0.25) is 0 Å². The molecule has 1 fully saturated rings. The number of hydrogen-bond donors (Lipinski definition) is 1. The monoisotopic (exact) mass is 366 g/mol. The molecule has 2 heterocycles. The van der Waals surface area contributed by atoms with E-state index in [1.807, 2.05) is 12.1 Å². The fourth-order valence-corrected chi connectivity index (χ4v) is 3.24. The van der Waals surface area contributed by atoms with E-state index in [2.05, 4.69) is 15.2 Å². The van der Waals surface area contributed by atoms with Gasteiger partial charge < -0.3 is 5.32 Å². The lowest BCUT2D eigenvalue weighted by atomic mass is 10.2. The number of nitrogens with zero attached hydrogens (tertiary/aromatic N) is 3. The molecule has 0 amide bonds. The minimum absolute atomic E-state index is 0.00835. The molecule has 1 aromatic heterocycles. The van der Waals surface area contributed by atoms with Crippen molar-refractivity contribution < 1.29 is 4.92 Å². The quantitative estimate of drug-likeness (QED) is 0.639. The van der Waals surface area contributed by atoms with Crippen LogP contribution in [0.25, 0.3) is 0 Å². The molecule has 0 aliphatic carbocycles. The smallest absolute Gasteiger partial charge is 0.287 e. The van der Waals surface area contributed by atoms with Gasteiger partial charge in [0.05, 0.1) is 4.92 Å². The predicted molar refractivity (Wildman–Crippen MR) is 94.7 cm³/mol. The van der Waals surface area contributed by atoms with Crippen molar-refractivity contribution in [2.24, 2.45) is 0 Å². The summed E-state index contributed by atoms with van der Waals surface area (Å²) < 4.78 is 0. The van der Waals surface area contributed by atoms with Gasteiger partial charge in [-0.1, -0.05) is 29.3 Å². The molecule has 0 bridgehead atoms. The zero-order valence-corrected chi connectivity index (χ0v) is 14.3. The van der Waals surface area contributed by atoms with Gasteiger partial charge in [-0.05, 0) is 30.2 Å². The van der Waals surface area contributed by atoms with Gasteiger partial charge in [0.25, 0.3) is 5.69 Å². The topological polar surface area (TPSA) is 71.3 Å². The Bertz CT molecular complexity index is 739. The first kappa shape index (κ1) is 17.0. The Morgan fingerprint density at radius 2 is 2.17 bits per heavy atom. The van der Waals surface area contributed by atoms with E-state index >= 15 is 0 Å². The fourth-order valence-electron chi connectivity index (χ4n) is 2.77. The van der Waals surface area contributed by atoms with Crippen LogP contribution in [0.4, 0.5) is 11.5 Å². The van der Waals surface area contributed by atoms with Gasteiger partial charge in [-0.3, -0.25) is 15.0 Å². The maximum atomic E-state index is 10.6. The Balaban J connectivity index is 1.56. The number of nitrogens with one attached hydrogen (secondary N) is 1. The molecule has 0 saturated carbocycles. The molecule has 3 rings (SSSR count). The molecule has 1 N–H and O–H groups in total. The number of nitro groups is 1. The Morgan fingerprint density at radius 3 is 2.83 bits per heavy atom. The van der Waals surface area contributed by atoms with Crippen LogP contribution >= 0.6 is 23.2 Å². The van der Waals surface area contributed by atoms with E-state index < -0.39 is 4.92 Å². The van der Waals surface area contributed by atoms with Crippen LogP contribution in [0.1, 0.15) is 12.0 Å². The molecule has 1 atom stereocenters. The summed E-state index contributed by atoms with van der Waals surface area (Å²) in [6, 6.07) is 8.89. The van der Waals surface area contributed by atoms with Gasteiger partial charge in [-0.15, -0.1) is 0 Å². The minimum Gasteiger partial charge on any atom is -0.366 e. The number of pyridine rings is 1. The summed E-state index contributed by atoms with van der Waals surface area (Å²) in [5.41, 5.74) is 1.04. The highest BCUT2D eigenvalue weighted by Gasteiger charge is 2.23. The highest BCUT2D eigenvalue weighted by molar-refractivity contribution is 6.35. The Labute approximate surface area is 149 Å². The molecule has 8 heteroatoms. The molecule has 1 aromatic carbocycles. The summed E-state index contributed by atoms with van der Waals surface area (Å²) in [6.45, 7) is 2.57. The van der Waals surface area contributed by atoms with Crippen molar-refractivity contribution >= 4 is 34.7 Å². The van der Waals surface area contributed by atoms with Crippen LogP contribution in [0.15, 0.2) is 36.5 Å². The standard InChI is InChI=1S/C16H16Cl2N4O2/c17-12-2-1-11(15(18)7-12)9-21-6-5-13(10-21)20-16-4-3-14(8-19-16)22(23)24/h1-4,7-8,13H,5-6,9-10H2,(H,19,20). The fraction of sp³-hybridized carbons (Fsp3) is 0.312. The van der Waals surface area contributed by atoms with E-state index in [0.29, 0.717) is 15.9 Å². The molecule has 1 aliphatic heterocycles. The van der Waals surface area contributed by atoms with Crippen molar-refractivity contribution in [3.05, 3.63) is 62.3 Å². The first-order valence-electron chi connectivity index (χ1n) is 7.54. The van der Waals surface area contributed by atoms with Crippen LogP contribution in [-0.2, 0) is 6.54 Å². The molecule has 1 saturated heterocycles. The van der Waals surface area contributed by atoms with Gasteiger partial charge >= 0.3 is 0 Å². The molecule has 0 radical (unpaired) electrons. The zero-order valence-electron chi connectivity index (χ0n) is 12.8. The third kappa shape index (κ3) is 4.14. The number of benzene rings is 1. The largest absolute Gasteiger partial charge is 0.366 e. The number of aromatic nitrogens is 1. The van der Waals surface area contributed by atoms with Crippen molar-refractivity contribution in [3.8, 4) is 0 Å². The van der Waals surface area contributed by atoms with E-state index in [1.165, 1.54) is 12.3 Å². The van der Waals surface area contributed by atoms with Crippen molar-refractivity contribution in [2.75, 3.05) is 18.4 Å². The zero-order chi connectivity index (χ0) is 17.1. The van der Waals surface area contributed by atoms with Crippen LogP contribution in [0.2, 0.25) is 10.0 Å². The van der Waals surface area contributed by atoms with E-state index in [9.17, 15) is 10.1 Å². The molecule has 0 spiro atoms. The second-order valence-corrected chi connectivity index (χ2v) is 6.60. The van der Waals surface area contributed by atoms with E-state index in [0.717, 1.165) is 31.6 Å². The second kappa shape index (κ2) is 7.34. The lowest BCUT2D eigenvalue weighted by molar-refractivity contribution is -0.385. The van der Waals surface area contributed by atoms with Crippen LogP contribution in [0.3, 0.4) is 0 Å². The van der Waals surface area contributed by atoms with Crippen LogP contribution < -0.4 is 5.32 Å². The lowest BCUT2D eigenvalue weighted by Gasteiger charge is -2.18. The molecular weight excluding hydrogens is 351 g/mol. The molecule has 2 aromatic rings. The summed E-state index contributed by atoms with van der Waals surface area (Å²) in [4.78, 5) is 16.6. The number of rotatable bonds is 5. The normalized spacial score (nSPS) is 17.8. The average Bonchev–Trinajstić information content (AvgIpc) is 2.98. The van der Waals surface area contributed by atoms with E-state index in [1.54, 1.807) is 12.1 Å².